The molecular weight excluding hydrogens is 452 g/mol. The van der Waals surface area contributed by atoms with E-state index in [9.17, 15) is 14.9 Å². The van der Waals surface area contributed by atoms with Crippen LogP contribution in [-0.4, -0.2) is 32.1 Å². The molecule has 0 spiro atoms. The minimum atomic E-state index is -0.495. The first kappa shape index (κ1) is 21.7. The molecule has 34 heavy (non-hydrogen) atoms. The van der Waals surface area contributed by atoms with Crippen LogP contribution in [0.1, 0.15) is 15.9 Å². The Morgan fingerprint density at radius 1 is 1.09 bits per heavy atom. The number of fused-ring (bicyclic) bond motifs is 1. The van der Waals surface area contributed by atoms with E-state index in [1.165, 1.54) is 18.0 Å². The van der Waals surface area contributed by atoms with Crippen LogP contribution in [0.5, 0.6) is 0 Å². The number of nitro groups is 1. The van der Waals surface area contributed by atoms with Crippen LogP contribution in [0.2, 0.25) is 0 Å². The molecule has 1 amide bonds. The molecule has 0 saturated heterocycles. The Morgan fingerprint density at radius 3 is 2.62 bits per heavy atom. The van der Waals surface area contributed by atoms with Crippen molar-refractivity contribution in [3.63, 3.8) is 0 Å². The van der Waals surface area contributed by atoms with Gasteiger partial charge in [0.25, 0.3) is 11.6 Å². The fraction of sp³-hybridized carbons (Fsp3) is 0.125. The van der Waals surface area contributed by atoms with Gasteiger partial charge in [0.15, 0.2) is 5.16 Å². The SMILES string of the molecule is Cn1cnnc1Sc1ccc(C(=O)Nc2ccccc2N2CCc3ccccc32)cc1[N+](=O)[O-]. The van der Waals surface area contributed by atoms with E-state index >= 15 is 0 Å². The van der Waals surface area contributed by atoms with Crippen LogP contribution >= 0.6 is 11.8 Å². The molecule has 4 aromatic rings. The van der Waals surface area contributed by atoms with Crippen molar-refractivity contribution in [3.05, 3.63) is 94.3 Å². The summed E-state index contributed by atoms with van der Waals surface area (Å²) >= 11 is 1.12. The third-order valence-corrected chi connectivity index (χ3v) is 6.74. The van der Waals surface area contributed by atoms with E-state index in [1.54, 1.807) is 23.7 Å². The Labute approximate surface area is 199 Å². The van der Waals surface area contributed by atoms with Gasteiger partial charge in [-0.1, -0.05) is 30.3 Å². The number of hydrogen-bond acceptors (Lipinski definition) is 7. The van der Waals surface area contributed by atoms with Gasteiger partial charge in [0.05, 0.1) is 21.2 Å². The number of aromatic nitrogens is 3. The zero-order chi connectivity index (χ0) is 23.7. The first-order chi connectivity index (χ1) is 16.5. The zero-order valence-corrected chi connectivity index (χ0v) is 19.0. The number of carbonyl (C=O) groups excluding carboxylic acids is 1. The van der Waals surface area contributed by atoms with Crippen molar-refractivity contribution in [3.8, 4) is 0 Å². The first-order valence-electron chi connectivity index (χ1n) is 10.6. The predicted octanol–water partition coefficient (Wildman–Crippen LogP) is 4.82. The van der Waals surface area contributed by atoms with E-state index in [1.807, 2.05) is 36.4 Å². The summed E-state index contributed by atoms with van der Waals surface area (Å²) in [5.74, 6) is -0.418. The van der Waals surface area contributed by atoms with Crippen molar-refractivity contribution in [2.24, 2.45) is 7.05 Å². The molecule has 1 aliphatic heterocycles. The molecular formula is C24H20N6O3S. The summed E-state index contributed by atoms with van der Waals surface area (Å²) in [6, 6.07) is 20.2. The Bertz CT molecular complexity index is 1400. The maximum atomic E-state index is 13.1. The van der Waals surface area contributed by atoms with E-state index in [2.05, 4.69) is 32.5 Å². The molecule has 0 saturated carbocycles. The van der Waals surface area contributed by atoms with Gasteiger partial charge in [0.2, 0.25) is 0 Å². The lowest BCUT2D eigenvalue weighted by atomic mass is 10.1. The highest BCUT2D eigenvalue weighted by atomic mass is 32.2. The van der Waals surface area contributed by atoms with Gasteiger partial charge >= 0.3 is 0 Å². The topological polar surface area (TPSA) is 106 Å². The minimum absolute atomic E-state index is 0.164. The summed E-state index contributed by atoms with van der Waals surface area (Å²) < 4.78 is 1.67. The average molecular weight is 473 g/mol. The second kappa shape index (κ2) is 8.99. The summed E-state index contributed by atoms with van der Waals surface area (Å²) in [6.45, 7) is 0.811. The largest absolute Gasteiger partial charge is 0.339 e. The Morgan fingerprint density at radius 2 is 1.85 bits per heavy atom. The third-order valence-electron chi connectivity index (χ3n) is 5.62. The summed E-state index contributed by atoms with van der Waals surface area (Å²) in [5.41, 5.74) is 3.93. The van der Waals surface area contributed by atoms with Gasteiger partial charge in [-0.3, -0.25) is 14.9 Å². The number of anilines is 3. The van der Waals surface area contributed by atoms with Crippen LogP contribution in [0, 0.1) is 10.1 Å². The van der Waals surface area contributed by atoms with Crippen molar-refractivity contribution in [2.75, 3.05) is 16.8 Å². The minimum Gasteiger partial charge on any atom is -0.339 e. The van der Waals surface area contributed by atoms with Crippen LogP contribution in [0.3, 0.4) is 0 Å². The predicted molar refractivity (Wildman–Crippen MR) is 130 cm³/mol. The van der Waals surface area contributed by atoms with E-state index in [0.717, 1.165) is 36.1 Å². The van der Waals surface area contributed by atoms with Gasteiger partial charge in [-0.15, -0.1) is 10.2 Å². The van der Waals surface area contributed by atoms with Gasteiger partial charge < -0.3 is 14.8 Å². The lowest BCUT2D eigenvalue weighted by Gasteiger charge is -2.23. The number of hydrogen-bond donors (Lipinski definition) is 1. The Hall–Kier alpha value is -4.18. The monoisotopic (exact) mass is 472 g/mol. The third kappa shape index (κ3) is 4.11. The molecule has 1 aliphatic rings. The van der Waals surface area contributed by atoms with Gasteiger partial charge in [-0.2, -0.15) is 0 Å². The molecule has 3 aromatic carbocycles. The van der Waals surface area contributed by atoms with Crippen LogP contribution in [0.25, 0.3) is 0 Å². The van der Waals surface area contributed by atoms with Gasteiger partial charge in [0.1, 0.15) is 6.33 Å². The number of rotatable bonds is 6. The molecule has 0 radical (unpaired) electrons. The van der Waals surface area contributed by atoms with Gasteiger partial charge in [0, 0.05) is 30.9 Å². The van der Waals surface area contributed by atoms with Gasteiger partial charge in [-0.25, -0.2) is 0 Å². The highest BCUT2D eigenvalue weighted by Crippen LogP contribution is 2.39. The molecule has 5 rings (SSSR count). The van der Waals surface area contributed by atoms with E-state index in [4.69, 9.17) is 0 Å². The molecule has 0 unspecified atom stereocenters. The Balaban J connectivity index is 1.42. The summed E-state index contributed by atoms with van der Waals surface area (Å²) in [5, 5.41) is 22.9. The fourth-order valence-electron chi connectivity index (χ4n) is 3.95. The summed E-state index contributed by atoms with van der Waals surface area (Å²) in [7, 11) is 1.76. The smallest absolute Gasteiger partial charge is 0.284 e. The highest BCUT2D eigenvalue weighted by molar-refractivity contribution is 7.99. The van der Waals surface area contributed by atoms with Crippen LogP contribution in [0.15, 0.2) is 83.1 Å². The molecule has 0 fully saturated rings. The number of nitro benzene ring substituents is 1. The highest BCUT2D eigenvalue weighted by Gasteiger charge is 2.24. The molecule has 0 atom stereocenters. The van der Waals surface area contributed by atoms with Crippen molar-refractivity contribution in [1.82, 2.24) is 14.8 Å². The molecule has 0 bridgehead atoms. The molecule has 170 valence electrons. The average Bonchev–Trinajstić information content (AvgIpc) is 3.45. The van der Waals surface area contributed by atoms with Crippen molar-refractivity contribution >= 4 is 40.4 Å². The number of aryl methyl sites for hydroxylation is 1. The van der Waals surface area contributed by atoms with Crippen LogP contribution < -0.4 is 10.2 Å². The lowest BCUT2D eigenvalue weighted by Crippen LogP contribution is -2.18. The number of carbonyl (C=O) groups is 1. The molecule has 1 aromatic heterocycles. The van der Waals surface area contributed by atoms with Crippen LogP contribution in [-0.2, 0) is 13.5 Å². The number of benzene rings is 3. The lowest BCUT2D eigenvalue weighted by molar-refractivity contribution is -0.387. The number of nitrogens with zero attached hydrogens (tertiary/aromatic N) is 5. The van der Waals surface area contributed by atoms with E-state index < -0.39 is 10.8 Å². The van der Waals surface area contributed by atoms with Crippen molar-refractivity contribution in [1.29, 1.82) is 0 Å². The molecule has 9 nitrogen and oxygen atoms in total. The summed E-state index contributed by atoms with van der Waals surface area (Å²) in [6.07, 6.45) is 2.45. The maximum Gasteiger partial charge on any atom is 0.284 e. The van der Waals surface area contributed by atoms with E-state index in [0.29, 0.717) is 15.7 Å². The first-order valence-corrected chi connectivity index (χ1v) is 11.4. The fourth-order valence-corrected chi connectivity index (χ4v) is 4.80. The molecule has 0 aliphatic carbocycles. The van der Waals surface area contributed by atoms with E-state index in [-0.39, 0.29) is 11.3 Å². The number of nitrogens with one attached hydrogen (secondary N) is 1. The summed E-state index contributed by atoms with van der Waals surface area (Å²) in [4.78, 5) is 26.9. The number of para-hydroxylation sites is 3. The second-order valence-electron chi connectivity index (χ2n) is 7.77. The normalized spacial score (nSPS) is 12.4. The van der Waals surface area contributed by atoms with Crippen molar-refractivity contribution in [2.45, 2.75) is 16.5 Å². The zero-order valence-electron chi connectivity index (χ0n) is 18.2. The quantitative estimate of drug-likeness (QED) is 0.317. The second-order valence-corrected chi connectivity index (χ2v) is 8.78. The van der Waals surface area contributed by atoms with Gasteiger partial charge in [-0.05, 0) is 54.1 Å². The molecule has 1 N–H and O–H groups in total. The standard InChI is InChI=1S/C24H20N6O3S/c1-28-15-25-27-24(28)34-22-11-10-17(14-21(22)30(32)33)23(31)26-18-7-3-5-9-20(18)29-13-12-16-6-2-4-8-19(16)29/h2-11,14-15H,12-13H2,1H3,(H,26,31). The molecule has 10 heteroatoms. The van der Waals surface area contributed by atoms with Crippen molar-refractivity contribution < 1.29 is 9.72 Å². The number of amides is 1. The molecule has 2 heterocycles. The van der Waals surface area contributed by atoms with Crippen LogP contribution in [0.4, 0.5) is 22.7 Å². The Kier molecular flexibility index (Phi) is 5.72. The maximum absolute atomic E-state index is 13.1.